The summed E-state index contributed by atoms with van der Waals surface area (Å²) in [6.45, 7) is 4.51. The van der Waals surface area contributed by atoms with Crippen molar-refractivity contribution < 1.29 is 0 Å². The number of nitrogens with one attached hydrogen (secondary N) is 2. The van der Waals surface area contributed by atoms with Crippen LogP contribution < -0.4 is 16.4 Å². The molecule has 0 radical (unpaired) electrons. The van der Waals surface area contributed by atoms with Crippen LogP contribution in [0.25, 0.3) is 0 Å². The Morgan fingerprint density at radius 1 is 1.35 bits per heavy atom. The number of H-pyrrole nitrogens is 1. The van der Waals surface area contributed by atoms with Gasteiger partial charge in [0.1, 0.15) is 5.03 Å². The van der Waals surface area contributed by atoms with Gasteiger partial charge in [-0.05, 0) is 31.7 Å². The van der Waals surface area contributed by atoms with Crippen molar-refractivity contribution in [3.05, 3.63) is 32.5 Å². The van der Waals surface area contributed by atoms with Gasteiger partial charge >= 0.3 is 11.1 Å². The molecule has 0 spiro atoms. The van der Waals surface area contributed by atoms with Crippen molar-refractivity contribution in [2.45, 2.75) is 24.0 Å². The minimum atomic E-state index is -0.816. The van der Waals surface area contributed by atoms with Gasteiger partial charge in [0.15, 0.2) is 5.16 Å². The molecular weight excluding hydrogens is 280 g/mol. The van der Waals surface area contributed by atoms with Crippen molar-refractivity contribution in [2.75, 3.05) is 11.9 Å². The number of nitrogens with zero attached hydrogens (tertiary/aromatic N) is 4. The second-order valence-corrected chi connectivity index (χ2v) is 4.99. The zero-order valence-electron chi connectivity index (χ0n) is 11.3. The van der Waals surface area contributed by atoms with E-state index in [-0.39, 0.29) is 0 Å². The van der Waals surface area contributed by atoms with Crippen LogP contribution in [-0.4, -0.2) is 31.3 Å². The number of rotatable bonds is 4. The van der Waals surface area contributed by atoms with E-state index in [4.69, 9.17) is 0 Å². The molecule has 0 saturated carbocycles. The lowest BCUT2D eigenvalue weighted by Gasteiger charge is -2.07. The second-order valence-electron chi connectivity index (χ2n) is 4.00. The molecule has 106 valence electrons. The normalized spacial score (nSPS) is 10.6. The Kier molecular flexibility index (Phi) is 4.18. The molecule has 8 nitrogen and oxygen atoms in total. The molecule has 0 aliphatic heterocycles. The van der Waals surface area contributed by atoms with E-state index < -0.39 is 11.1 Å². The van der Waals surface area contributed by atoms with Gasteiger partial charge in [-0.2, -0.15) is 4.98 Å². The Morgan fingerprint density at radius 2 is 2.10 bits per heavy atom. The third-order valence-electron chi connectivity index (χ3n) is 2.31. The molecule has 2 rings (SSSR count). The third kappa shape index (κ3) is 3.23. The SMILES string of the molecule is CCNc1nc(C)cc(Sc2nc(=O)c(=O)[nH]n2C)n1. The van der Waals surface area contributed by atoms with Crippen LogP contribution in [0.2, 0.25) is 0 Å². The fraction of sp³-hybridized carbons (Fsp3) is 0.364. The largest absolute Gasteiger partial charge is 0.354 e. The van der Waals surface area contributed by atoms with Crippen LogP contribution in [0.15, 0.2) is 25.8 Å². The molecule has 0 fully saturated rings. The molecule has 0 atom stereocenters. The molecule has 2 heterocycles. The average molecular weight is 294 g/mol. The van der Waals surface area contributed by atoms with Gasteiger partial charge in [-0.15, -0.1) is 0 Å². The second kappa shape index (κ2) is 5.87. The summed E-state index contributed by atoms with van der Waals surface area (Å²) < 4.78 is 1.39. The Hall–Kier alpha value is -2.16. The van der Waals surface area contributed by atoms with Crippen molar-refractivity contribution in [2.24, 2.45) is 7.05 Å². The van der Waals surface area contributed by atoms with Crippen LogP contribution in [0.4, 0.5) is 5.95 Å². The van der Waals surface area contributed by atoms with Gasteiger partial charge in [-0.25, -0.2) is 9.97 Å². The maximum Gasteiger partial charge on any atom is 0.339 e. The molecule has 0 unspecified atom stereocenters. The molecule has 0 amide bonds. The van der Waals surface area contributed by atoms with Crippen molar-refractivity contribution in [1.29, 1.82) is 0 Å². The number of hydrogen-bond acceptors (Lipinski definition) is 7. The van der Waals surface area contributed by atoms with Crippen LogP contribution in [0.1, 0.15) is 12.6 Å². The first-order valence-corrected chi connectivity index (χ1v) is 6.76. The molecule has 0 aliphatic rings. The van der Waals surface area contributed by atoms with Crippen LogP contribution in [-0.2, 0) is 7.05 Å². The maximum absolute atomic E-state index is 11.3. The van der Waals surface area contributed by atoms with Crippen molar-refractivity contribution in [3.63, 3.8) is 0 Å². The lowest BCUT2D eigenvalue weighted by Crippen LogP contribution is -2.33. The van der Waals surface area contributed by atoms with Gasteiger partial charge in [0.05, 0.1) is 0 Å². The summed E-state index contributed by atoms with van der Waals surface area (Å²) in [5, 5.41) is 6.41. The summed E-state index contributed by atoms with van der Waals surface area (Å²) in [5.74, 6) is 0.518. The molecule has 0 aromatic carbocycles. The molecule has 0 saturated heterocycles. The predicted molar refractivity (Wildman–Crippen MR) is 75.2 cm³/mol. The molecule has 2 aromatic heterocycles. The van der Waals surface area contributed by atoms with E-state index in [9.17, 15) is 9.59 Å². The Morgan fingerprint density at radius 3 is 2.80 bits per heavy atom. The third-order valence-corrected chi connectivity index (χ3v) is 3.28. The molecule has 0 aliphatic carbocycles. The van der Waals surface area contributed by atoms with Gasteiger partial charge in [-0.1, -0.05) is 0 Å². The highest BCUT2D eigenvalue weighted by atomic mass is 32.2. The van der Waals surface area contributed by atoms with E-state index in [0.29, 0.717) is 22.7 Å². The standard InChI is InChI=1S/C11H14N6O2S/c1-4-12-10-13-6(2)5-7(14-10)20-11-15-8(18)9(19)16-17(11)3/h5H,4H2,1-3H3,(H,16,19)(H,12,13,14). The number of aromatic amines is 1. The molecule has 20 heavy (non-hydrogen) atoms. The van der Waals surface area contributed by atoms with Crippen molar-refractivity contribution >= 4 is 17.7 Å². The van der Waals surface area contributed by atoms with Crippen LogP contribution >= 0.6 is 11.8 Å². The van der Waals surface area contributed by atoms with E-state index in [1.807, 2.05) is 13.8 Å². The Balaban J connectivity index is 2.37. The number of hydrogen-bond donors (Lipinski definition) is 2. The maximum atomic E-state index is 11.3. The summed E-state index contributed by atoms with van der Waals surface area (Å²) >= 11 is 1.18. The first kappa shape index (κ1) is 14.3. The lowest BCUT2D eigenvalue weighted by molar-refractivity contribution is 0.596. The molecular formula is C11H14N6O2S. The highest BCUT2D eigenvalue weighted by Crippen LogP contribution is 2.23. The monoisotopic (exact) mass is 294 g/mol. The molecule has 9 heteroatoms. The zero-order valence-corrected chi connectivity index (χ0v) is 12.1. The van der Waals surface area contributed by atoms with E-state index in [1.54, 1.807) is 13.1 Å². The summed E-state index contributed by atoms with van der Waals surface area (Å²) in [5.41, 5.74) is -0.764. The molecule has 0 bridgehead atoms. The topological polar surface area (TPSA) is 106 Å². The summed E-state index contributed by atoms with van der Waals surface area (Å²) in [6, 6.07) is 1.78. The predicted octanol–water partition coefficient (Wildman–Crippen LogP) is 0.150. The van der Waals surface area contributed by atoms with E-state index in [2.05, 4.69) is 25.4 Å². The first-order chi connectivity index (χ1) is 9.49. The van der Waals surface area contributed by atoms with Gasteiger partial charge in [0, 0.05) is 19.3 Å². The number of aromatic nitrogens is 5. The zero-order chi connectivity index (χ0) is 14.7. The summed E-state index contributed by atoms with van der Waals surface area (Å²) in [6.07, 6.45) is 0. The fourth-order valence-electron chi connectivity index (χ4n) is 1.47. The molecule has 2 N–H and O–H groups in total. The number of anilines is 1. The number of aryl methyl sites for hydroxylation is 2. The van der Waals surface area contributed by atoms with Gasteiger partial charge in [0.2, 0.25) is 5.95 Å². The van der Waals surface area contributed by atoms with E-state index >= 15 is 0 Å². The van der Waals surface area contributed by atoms with E-state index in [1.165, 1.54) is 16.4 Å². The van der Waals surface area contributed by atoms with E-state index in [0.717, 1.165) is 5.69 Å². The smallest absolute Gasteiger partial charge is 0.339 e. The molecule has 2 aromatic rings. The first-order valence-electron chi connectivity index (χ1n) is 5.94. The van der Waals surface area contributed by atoms with Crippen molar-refractivity contribution in [3.8, 4) is 0 Å². The minimum absolute atomic E-state index is 0.357. The highest BCUT2D eigenvalue weighted by Gasteiger charge is 2.09. The summed E-state index contributed by atoms with van der Waals surface area (Å²) in [4.78, 5) is 34.7. The quantitative estimate of drug-likeness (QED) is 0.610. The van der Waals surface area contributed by atoms with Gasteiger partial charge in [0.25, 0.3) is 0 Å². The van der Waals surface area contributed by atoms with Crippen molar-refractivity contribution in [1.82, 2.24) is 24.7 Å². The Labute approximate surface area is 118 Å². The van der Waals surface area contributed by atoms with Crippen LogP contribution in [0.5, 0.6) is 0 Å². The van der Waals surface area contributed by atoms with Gasteiger partial charge in [-0.3, -0.25) is 19.4 Å². The Bertz CT molecular complexity index is 738. The average Bonchev–Trinajstić information content (AvgIpc) is 2.35. The summed E-state index contributed by atoms with van der Waals surface area (Å²) in [7, 11) is 1.61. The van der Waals surface area contributed by atoms with Crippen LogP contribution in [0.3, 0.4) is 0 Å². The lowest BCUT2D eigenvalue weighted by atomic mass is 10.5. The fourth-order valence-corrected chi connectivity index (χ4v) is 2.33. The highest BCUT2D eigenvalue weighted by molar-refractivity contribution is 7.99. The van der Waals surface area contributed by atoms with Gasteiger partial charge < -0.3 is 5.32 Å². The minimum Gasteiger partial charge on any atom is -0.354 e. The van der Waals surface area contributed by atoms with Crippen LogP contribution in [0, 0.1) is 6.92 Å².